The summed E-state index contributed by atoms with van der Waals surface area (Å²) in [5, 5.41) is 6.59. The molecule has 0 aromatic heterocycles. The molecule has 1 aliphatic heterocycles. The molecule has 1 heterocycles. The summed E-state index contributed by atoms with van der Waals surface area (Å²) in [7, 11) is 0. The fourth-order valence-corrected chi connectivity index (χ4v) is 3.36. The molecule has 1 aromatic rings. The van der Waals surface area contributed by atoms with Crippen LogP contribution >= 0.6 is 24.0 Å². The number of nitrogens with zero attached hydrogens (tertiary/aromatic N) is 2. The Balaban J connectivity index is 0.00000392. The lowest BCUT2D eigenvalue weighted by molar-refractivity contribution is -0.148. The summed E-state index contributed by atoms with van der Waals surface area (Å²) in [6.07, 6.45) is -0.589. The number of hydrogen-bond donors (Lipinski definition) is 2. The summed E-state index contributed by atoms with van der Waals surface area (Å²) in [6, 6.07) is 10.3. The maximum atomic E-state index is 12.4. The van der Waals surface area contributed by atoms with Crippen LogP contribution in [0.2, 0.25) is 0 Å². The number of hydrogen-bond acceptors (Lipinski definition) is 2. The minimum atomic E-state index is -4.09. The third-order valence-corrected chi connectivity index (χ3v) is 4.81. The Morgan fingerprint density at radius 3 is 2.43 bits per heavy atom. The van der Waals surface area contributed by atoms with Crippen molar-refractivity contribution in [1.82, 2.24) is 15.5 Å². The highest BCUT2D eigenvalue weighted by atomic mass is 127. The van der Waals surface area contributed by atoms with Crippen LogP contribution in [0.25, 0.3) is 0 Å². The summed E-state index contributed by atoms with van der Waals surface area (Å²) in [4.78, 5) is 6.13. The number of aliphatic imine (C=N–C) groups is 1. The van der Waals surface area contributed by atoms with Crippen LogP contribution in [0, 0.1) is 5.92 Å². The molecule has 0 radical (unpaired) electrons. The molecular formula is C20H32F3IN4. The molecule has 2 N–H and O–H groups in total. The first-order valence-corrected chi connectivity index (χ1v) is 9.81. The average Bonchev–Trinajstić information content (AvgIpc) is 2.63. The molecule has 0 amide bonds. The standard InChI is InChI=1S/C20H31F3N4.HI/c1-2-24-19(25-12-8-17-6-4-3-5-7-17)26-13-9-18-10-14-27(15-11-18)16-20(21,22)23;/h3-7,18H,2,8-16H2,1H3,(H2,24,25,26);1H. The number of benzene rings is 1. The number of piperidine rings is 1. The third kappa shape index (κ3) is 10.5. The molecule has 28 heavy (non-hydrogen) atoms. The third-order valence-electron chi connectivity index (χ3n) is 4.81. The summed E-state index contributed by atoms with van der Waals surface area (Å²) < 4.78 is 37.3. The monoisotopic (exact) mass is 512 g/mol. The lowest BCUT2D eigenvalue weighted by Crippen LogP contribution is -2.40. The van der Waals surface area contributed by atoms with Gasteiger partial charge in [-0.15, -0.1) is 24.0 Å². The van der Waals surface area contributed by atoms with Crippen molar-refractivity contribution in [1.29, 1.82) is 0 Å². The smallest absolute Gasteiger partial charge is 0.357 e. The van der Waals surface area contributed by atoms with E-state index in [0.717, 1.165) is 44.7 Å². The number of likely N-dealkylation sites (tertiary alicyclic amines) is 1. The minimum absolute atomic E-state index is 0. The van der Waals surface area contributed by atoms with Gasteiger partial charge in [0.2, 0.25) is 0 Å². The van der Waals surface area contributed by atoms with Crippen LogP contribution in [0.3, 0.4) is 0 Å². The number of alkyl halides is 3. The number of rotatable bonds is 8. The molecule has 1 aromatic carbocycles. The molecule has 1 aliphatic rings. The van der Waals surface area contributed by atoms with E-state index in [1.54, 1.807) is 0 Å². The van der Waals surface area contributed by atoms with Crippen molar-refractivity contribution < 1.29 is 13.2 Å². The zero-order valence-electron chi connectivity index (χ0n) is 16.5. The van der Waals surface area contributed by atoms with E-state index >= 15 is 0 Å². The van der Waals surface area contributed by atoms with Gasteiger partial charge in [-0.05, 0) is 57.2 Å². The van der Waals surface area contributed by atoms with Crippen molar-refractivity contribution in [3.05, 3.63) is 35.9 Å². The van der Waals surface area contributed by atoms with E-state index in [-0.39, 0.29) is 24.0 Å². The van der Waals surface area contributed by atoms with Gasteiger partial charge in [0.25, 0.3) is 0 Å². The van der Waals surface area contributed by atoms with E-state index in [9.17, 15) is 13.2 Å². The zero-order chi connectivity index (χ0) is 19.5. The molecule has 160 valence electrons. The van der Waals surface area contributed by atoms with Gasteiger partial charge in [0.15, 0.2) is 5.96 Å². The summed E-state index contributed by atoms with van der Waals surface area (Å²) in [5.74, 6) is 1.27. The van der Waals surface area contributed by atoms with E-state index < -0.39 is 12.7 Å². The van der Waals surface area contributed by atoms with Crippen LogP contribution in [-0.2, 0) is 6.42 Å². The van der Waals surface area contributed by atoms with Crippen LogP contribution in [0.15, 0.2) is 35.3 Å². The molecule has 0 unspecified atom stereocenters. The highest BCUT2D eigenvalue weighted by Gasteiger charge is 2.32. The molecule has 2 rings (SSSR count). The first kappa shape index (κ1) is 25.0. The van der Waals surface area contributed by atoms with E-state index in [1.165, 1.54) is 10.5 Å². The Morgan fingerprint density at radius 1 is 1.14 bits per heavy atom. The van der Waals surface area contributed by atoms with Crippen LogP contribution in [0.4, 0.5) is 13.2 Å². The van der Waals surface area contributed by atoms with E-state index in [0.29, 0.717) is 25.6 Å². The molecule has 0 atom stereocenters. The average molecular weight is 512 g/mol. The van der Waals surface area contributed by atoms with Gasteiger partial charge < -0.3 is 10.6 Å². The maximum absolute atomic E-state index is 12.4. The van der Waals surface area contributed by atoms with Crippen molar-refractivity contribution in [3.8, 4) is 0 Å². The first-order chi connectivity index (χ1) is 13.0. The largest absolute Gasteiger partial charge is 0.401 e. The molecule has 0 saturated carbocycles. The van der Waals surface area contributed by atoms with Gasteiger partial charge in [-0.1, -0.05) is 30.3 Å². The normalized spacial score (nSPS) is 16.5. The quantitative estimate of drug-likeness (QED) is 0.314. The lowest BCUT2D eigenvalue weighted by atomic mass is 9.93. The SMILES string of the molecule is CCNC(=NCCC1CCN(CC(F)(F)F)CC1)NCCc1ccccc1.I. The van der Waals surface area contributed by atoms with Crippen LogP contribution in [0.1, 0.15) is 31.7 Å². The molecule has 8 heteroatoms. The number of nitrogens with one attached hydrogen (secondary N) is 2. The molecule has 0 spiro atoms. The van der Waals surface area contributed by atoms with E-state index in [2.05, 4.69) is 27.8 Å². The predicted octanol–water partition coefficient (Wildman–Crippen LogP) is 4.07. The molecule has 4 nitrogen and oxygen atoms in total. The van der Waals surface area contributed by atoms with Crippen LogP contribution in [-0.4, -0.2) is 56.3 Å². The van der Waals surface area contributed by atoms with Gasteiger partial charge in [0, 0.05) is 19.6 Å². The maximum Gasteiger partial charge on any atom is 0.401 e. The van der Waals surface area contributed by atoms with Crippen molar-refractivity contribution in [2.24, 2.45) is 10.9 Å². The Morgan fingerprint density at radius 2 is 1.82 bits per heavy atom. The topological polar surface area (TPSA) is 39.7 Å². The molecular weight excluding hydrogens is 480 g/mol. The molecule has 1 fully saturated rings. The van der Waals surface area contributed by atoms with E-state index in [1.807, 2.05) is 25.1 Å². The molecule has 0 bridgehead atoms. The Hall–Kier alpha value is -1.03. The van der Waals surface area contributed by atoms with Crippen molar-refractivity contribution in [2.45, 2.75) is 38.8 Å². The molecule has 1 saturated heterocycles. The van der Waals surface area contributed by atoms with Gasteiger partial charge in [-0.2, -0.15) is 13.2 Å². The van der Waals surface area contributed by atoms with Crippen molar-refractivity contribution in [2.75, 3.05) is 39.3 Å². The number of halogens is 4. The lowest BCUT2D eigenvalue weighted by Gasteiger charge is -2.32. The van der Waals surface area contributed by atoms with Crippen molar-refractivity contribution in [3.63, 3.8) is 0 Å². The van der Waals surface area contributed by atoms with Gasteiger partial charge in [0.05, 0.1) is 6.54 Å². The zero-order valence-corrected chi connectivity index (χ0v) is 18.8. The van der Waals surface area contributed by atoms with Gasteiger partial charge >= 0.3 is 6.18 Å². The Kier molecular flexibility index (Phi) is 11.8. The summed E-state index contributed by atoms with van der Waals surface area (Å²) in [5.41, 5.74) is 1.28. The second kappa shape index (κ2) is 13.2. The summed E-state index contributed by atoms with van der Waals surface area (Å²) >= 11 is 0. The van der Waals surface area contributed by atoms with Crippen LogP contribution in [0.5, 0.6) is 0 Å². The first-order valence-electron chi connectivity index (χ1n) is 9.81. The molecule has 0 aliphatic carbocycles. The van der Waals surface area contributed by atoms with E-state index in [4.69, 9.17) is 0 Å². The highest BCUT2D eigenvalue weighted by Crippen LogP contribution is 2.24. The van der Waals surface area contributed by atoms with Crippen molar-refractivity contribution >= 4 is 29.9 Å². The van der Waals surface area contributed by atoms with Gasteiger partial charge in [-0.3, -0.25) is 9.89 Å². The van der Waals surface area contributed by atoms with Crippen LogP contribution < -0.4 is 10.6 Å². The Bertz CT molecular complexity index is 558. The fraction of sp³-hybridized carbons (Fsp3) is 0.650. The van der Waals surface area contributed by atoms with Gasteiger partial charge in [-0.25, -0.2) is 0 Å². The second-order valence-corrected chi connectivity index (χ2v) is 7.05. The Labute approximate surface area is 183 Å². The van der Waals surface area contributed by atoms with Gasteiger partial charge in [0.1, 0.15) is 0 Å². The highest BCUT2D eigenvalue weighted by molar-refractivity contribution is 14.0. The second-order valence-electron chi connectivity index (χ2n) is 7.05. The minimum Gasteiger partial charge on any atom is -0.357 e. The number of guanidine groups is 1. The summed E-state index contributed by atoms with van der Waals surface area (Å²) in [6.45, 7) is 4.62. The fourth-order valence-electron chi connectivity index (χ4n) is 3.36. The predicted molar refractivity (Wildman–Crippen MR) is 119 cm³/mol.